The zero-order chi connectivity index (χ0) is 0. The Morgan fingerprint density at radius 1 is 0.400 bits per heavy atom. The van der Waals surface area contributed by atoms with Crippen LogP contribution in [0.25, 0.3) is 0 Å². The molecule has 0 aliphatic heterocycles. The van der Waals surface area contributed by atoms with E-state index in [1.54, 1.807) is 0 Å². The largest absolute Gasteiger partial charge is 0 e. The zero-order valence-electron chi connectivity index (χ0n) is 1.34. The third-order valence-electron chi connectivity index (χ3n) is 0. The van der Waals surface area contributed by atoms with Crippen LogP contribution in [0.2, 0.25) is 0 Å². The second-order valence-corrected chi connectivity index (χ2v) is 0. The SMILES string of the molecule is [GeH4].[GeH4].[V].[V].[V]. The Hall–Kier alpha value is 2.84. The maximum absolute atomic E-state index is 0. The quantitative estimate of drug-likeness (QED) is 0.421. The van der Waals surface area contributed by atoms with Gasteiger partial charge in [-0.3, -0.25) is 0 Å². The molecule has 31 valence electrons. The van der Waals surface area contributed by atoms with E-state index in [9.17, 15) is 0 Å². The van der Waals surface area contributed by atoms with Crippen molar-refractivity contribution in [2.45, 2.75) is 0 Å². The summed E-state index contributed by atoms with van der Waals surface area (Å²) < 4.78 is 0. The van der Waals surface area contributed by atoms with Gasteiger partial charge in [0.1, 0.15) is 0 Å². The monoisotopic (exact) mass is 309 g/mol. The predicted molar refractivity (Wildman–Crippen MR) is 22.7 cm³/mol. The van der Waals surface area contributed by atoms with E-state index >= 15 is 0 Å². The van der Waals surface area contributed by atoms with Crippen LogP contribution in [-0.4, -0.2) is 35.2 Å². The molecule has 0 aromatic carbocycles. The average molecular weight is 306 g/mol. The van der Waals surface area contributed by atoms with E-state index in [2.05, 4.69) is 0 Å². The Morgan fingerprint density at radius 3 is 0.400 bits per heavy atom. The number of hydrogen-bond acceptors (Lipinski definition) is 0. The molecule has 0 spiro atoms. The molecule has 0 saturated heterocycles. The van der Waals surface area contributed by atoms with Gasteiger partial charge in [0.15, 0.2) is 0 Å². The van der Waals surface area contributed by atoms with E-state index in [-0.39, 0.29) is 90.9 Å². The zero-order valence-corrected chi connectivity index (χ0v) is 5.53. The summed E-state index contributed by atoms with van der Waals surface area (Å²) in [5.74, 6) is 0. The Balaban J connectivity index is 0. The molecule has 0 amide bonds. The van der Waals surface area contributed by atoms with E-state index in [0.717, 1.165) is 0 Å². The standard InChI is InChI=1S/2GeH4.3V/h2*1H4;;;. The summed E-state index contributed by atoms with van der Waals surface area (Å²) in [7, 11) is 0. The van der Waals surface area contributed by atoms with E-state index in [4.69, 9.17) is 0 Å². The Labute approximate surface area is 89.6 Å². The molecule has 0 heterocycles. The molecule has 3 radical (unpaired) electrons. The van der Waals surface area contributed by atoms with Gasteiger partial charge < -0.3 is 0 Å². The third kappa shape index (κ3) is 19.9. The molecule has 0 atom stereocenters. The van der Waals surface area contributed by atoms with Crippen LogP contribution in [0.15, 0.2) is 0 Å². The minimum absolute atomic E-state index is 0. The molecule has 0 fully saturated rings. The van der Waals surface area contributed by atoms with Crippen LogP contribution in [0.4, 0.5) is 0 Å². The molecule has 0 aliphatic carbocycles. The first-order chi connectivity index (χ1) is 0. The van der Waals surface area contributed by atoms with Gasteiger partial charge in [0.2, 0.25) is 0 Å². The van der Waals surface area contributed by atoms with Crippen LogP contribution >= 0.6 is 0 Å². The van der Waals surface area contributed by atoms with E-state index in [1.807, 2.05) is 0 Å². The maximum atomic E-state index is 0. The average Bonchev–Trinajstić information content (AvgIpc) is 0. The summed E-state index contributed by atoms with van der Waals surface area (Å²) >= 11 is 0. The Morgan fingerprint density at radius 2 is 0.400 bits per heavy atom. The van der Waals surface area contributed by atoms with Gasteiger partial charge in [-0.1, -0.05) is 0 Å². The fourth-order valence-corrected chi connectivity index (χ4v) is 0. The number of rotatable bonds is 0. The van der Waals surface area contributed by atoms with Crippen LogP contribution in [0.1, 0.15) is 0 Å². The molecular formula is H8Ge2V3. The summed E-state index contributed by atoms with van der Waals surface area (Å²) in [5, 5.41) is 0. The molecule has 0 nitrogen and oxygen atoms in total. The molecule has 0 aromatic rings. The van der Waals surface area contributed by atoms with Crippen LogP contribution in [-0.2, 0) is 55.7 Å². The minimum atomic E-state index is 0. The van der Waals surface area contributed by atoms with Crippen LogP contribution in [0.5, 0.6) is 0 Å². The van der Waals surface area contributed by atoms with Crippen molar-refractivity contribution >= 4 is 35.2 Å². The van der Waals surface area contributed by atoms with Crippen molar-refractivity contribution in [2.75, 3.05) is 0 Å². The summed E-state index contributed by atoms with van der Waals surface area (Å²) in [5.41, 5.74) is 0. The summed E-state index contributed by atoms with van der Waals surface area (Å²) in [6.45, 7) is 0. The molecule has 5 heteroatoms. The van der Waals surface area contributed by atoms with Gasteiger partial charge >= 0.3 is 35.2 Å². The molecule has 0 aromatic heterocycles. The third-order valence-corrected chi connectivity index (χ3v) is 0. The summed E-state index contributed by atoms with van der Waals surface area (Å²) in [4.78, 5) is 0. The molecule has 0 bridgehead atoms. The molecule has 0 saturated carbocycles. The van der Waals surface area contributed by atoms with Gasteiger partial charge in [0, 0.05) is 55.7 Å². The second-order valence-electron chi connectivity index (χ2n) is 0. The van der Waals surface area contributed by atoms with Gasteiger partial charge in [-0.05, 0) is 0 Å². The molecule has 0 rings (SSSR count). The smallest absolute Gasteiger partial charge is 0 e. The van der Waals surface area contributed by atoms with Crippen molar-refractivity contribution in [3.8, 4) is 0 Å². The summed E-state index contributed by atoms with van der Waals surface area (Å²) in [6, 6.07) is 0. The van der Waals surface area contributed by atoms with Crippen molar-refractivity contribution in [1.29, 1.82) is 0 Å². The van der Waals surface area contributed by atoms with E-state index in [1.165, 1.54) is 0 Å². The maximum Gasteiger partial charge on any atom is 0 e. The number of hydrogen-bond donors (Lipinski definition) is 0. The van der Waals surface area contributed by atoms with Gasteiger partial charge in [-0.25, -0.2) is 0 Å². The van der Waals surface area contributed by atoms with Crippen LogP contribution < -0.4 is 0 Å². The fourth-order valence-electron chi connectivity index (χ4n) is 0. The predicted octanol–water partition coefficient (Wildman–Crippen LogP) is -2.91. The van der Waals surface area contributed by atoms with Gasteiger partial charge in [-0.15, -0.1) is 0 Å². The Kier molecular flexibility index (Phi) is 263. The van der Waals surface area contributed by atoms with Crippen molar-refractivity contribution < 1.29 is 55.7 Å². The topological polar surface area (TPSA) is 0 Å². The molecule has 0 N–H and O–H groups in total. The van der Waals surface area contributed by atoms with Crippen molar-refractivity contribution in [1.82, 2.24) is 0 Å². The van der Waals surface area contributed by atoms with Crippen molar-refractivity contribution in [3.05, 3.63) is 0 Å². The first kappa shape index (κ1) is 45.5. The first-order valence-corrected chi connectivity index (χ1v) is 0. The van der Waals surface area contributed by atoms with Crippen LogP contribution in [0.3, 0.4) is 0 Å². The second kappa shape index (κ2) is 28.9. The molecule has 0 unspecified atom stereocenters. The van der Waals surface area contributed by atoms with Gasteiger partial charge in [0.25, 0.3) is 0 Å². The molecule has 5 heavy (non-hydrogen) atoms. The minimum Gasteiger partial charge on any atom is 0 e. The van der Waals surface area contributed by atoms with Gasteiger partial charge in [0.05, 0.1) is 0 Å². The van der Waals surface area contributed by atoms with Crippen molar-refractivity contribution in [2.24, 2.45) is 0 Å². The fraction of sp³-hybridized carbons (Fsp3) is 0. The first-order valence-electron chi connectivity index (χ1n) is 0. The Bertz CT molecular complexity index is 4.85. The molecular weight excluding hydrogens is 298 g/mol. The normalized spacial score (nSPS) is 0. The van der Waals surface area contributed by atoms with Gasteiger partial charge in [-0.2, -0.15) is 0 Å². The summed E-state index contributed by atoms with van der Waals surface area (Å²) in [6.07, 6.45) is 0. The van der Waals surface area contributed by atoms with Crippen molar-refractivity contribution in [3.63, 3.8) is 0 Å². The molecule has 0 aliphatic rings. The van der Waals surface area contributed by atoms with E-state index < -0.39 is 0 Å². The van der Waals surface area contributed by atoms with Crippen LogP contribution in [0, 0.1) is 0 Å². The van der Waals surface area contributed by atoms with E-state index in [0.29, 0.717) is 0 Å².